The van der Waals surface area contributed by atoms with Crippen molar-refractivity contribution in [2.75, 3.05) is 13.2 Å². The number of piperidine rings is 1. The lowest BCUT2D eigenvalue weighted by Crippen LogP contribution is -2.66. The standard InChI is InChI=1S/C45H73NO15/c1-18-7-8-26-19(2)31-27(46(26)16-18)15-25-30-24(10-12-45(25,31)6)44(5)11-9-23(13-22(44)14-28(30)48)58-43-40(61-42-37(54)35(52)33(50)21(4)57-42)38(55)39(29(17-47)59-43)60-41-36(53)34(51)32(49)20(3)56-41/h14,18-21,23-43,47-55H,7-13,15-17H2,1-6H3/t18-,19+,20-,21-,23-,24-,25-,26+,27-,28-,29+,30+,31-,32-,33-,34+,35+,36+,37+,38-,39+,40+,41-,42-,43+,44-,45-/m0/s1. The quantitative estimate of drug-likeness (QED) is 0.155. The molecule has 61 heavy (non-hydrogen) atoms. The normalized spacial score (nSPS) is 58.5. The number of ether oxygens (including phenoxy) is 6. The molecular formula is C45H73NO15. The van der Waals surface area contributed by atoms with Gasteiger partial charge in [-0.1, -0.05) is 39.3 Å². The zero-order valence-electron chi connectivity index (χ0n) is 36.5. The lowest BCUT2D eigenvalue weighted by molar-refractivity contribution is -0.388. The number of aliphatic hydroxyl groups excluding tert-OH is 9. The minimum Gasteiger partial charge on any atom is -0.394 e. The Hall–Kier alpha value is -0.900. The van der Waals surface area contributed by atoms with Gasteiger partial charge < -0.3 is 74.4 Å². The van der Waals surface area contributed by atoms with Crippen molar-refractivity contribution in [1.82, 2.24) is 4.90 Å². The molecule has 0 unspecified atom stereocenters. The van der Waals surface area contributed by atoms with Gasteiger partial charge in [-0.3, -0.25) is 4.90 Å². The second kappa shape index (κ2) is 16.8. The second-order valence-electron chi connectivity index (χ2n) is 21.4. The Balaban J connectivity index is 0.942. The highest BCUT2D eigenvalue weighted by Gasteiger charge is 2.68. The van der Waals surface area contributed by atoms with Crippen LogP contribution in [0.2, 0.25) is 0 Å². The van der Waals surface area contributed by atoms with Crippen LogP contribution in [-0.4, -0.2) is 180 Å². The average molecular weight is 868 g/mol. The van der Waals surface area contributed by atoms with E-state index in [9.17, 15) is 46.0 Å². The Morgan fingerprint density at radius 3 is 1.95 bits per heavy atom. The maximum Gasteiger partial charge on any atom is 0.187 e. The summed E-state index contributed by atoms with van der Waals surface area (Å²) >= 11 is 0. The Morgan fingerprint density at radius 2 is 1.31 bits per heavy atom. The Kier molecular flexibility index (Phi) is 12.4. The van der Waals surface area contributed by atoms with E-state index in [-0.39, 0.29) is 16.7 Å². The van der Waals surface area contributed by atoms with Crippen molar-refractivity contribution in [2.24, 2.45) is 46.3 Å². The first kappa shape index (κ1) is 45.3. The molecule has 0 aromatic carbocycles. The molecule has 9 N–H and O–H groups in total. The Labute approximate surface area is 359 Å². The van der Waals surface area contributed by atoms with E-state index in [0.29, 0.717) is 48.6 Å². The molecule has 9 aliphatic rings. The lowest BCUT2D eigenvalue weighted by Gasteiger charge is -2.59. The van der Waals surface area contributed by atoms with Crippen molar-refractivity contribution in [1.29, 1.82) is 0 Å². The number of aliphatic hydroxyl groups is 9. The fourth-order valence-electron chi connectivity index (χ4n) is 14.7. The highest BCUT2D eigenvalue weighted by molar-refractivity contribution is 5.29. The summed E-state index contributed by atoms with van der Waals surface area (Å²) in [5.41, 5.74) is 1.19. The van der Waals surface area contributed by atoms with Crippen LogP contribution in [0.3, 0.4) is 0 Å². The first-order valence-corrected chi connectivity index (χ1v) is 23.3. The highest BCUT2D eigenvalue weighted by Crippen LogP contribution is 2.70. The predicted octanol–water partition coefficient (Wildman–Crippen LogP) is 0.154. The van der Waals surface area contributed by atoms with Gasteiger partial charge in [0, 0.05) is 18.6 Å². The van der Waals surface area contributed by atoms with Gasteiger partial charge in [0.2, 0.25) is 0 Å². The van der Waals surface area contributed by atoms with Gasteiger partial charge in [0.25, 0.3) is 0 Å². The first-order valence-electron chi connectivity index (χ1n) is 23.3. The maximum atomic E-state index is 12.2. The molecule has 0 amide bonds. The molecule has 4 aliphatic carbocycles. The molecule has 5 aliphatic heterocycles. The summed E-state index contributed by atoms with van der Waals surface area (Å²) < 4.78 is 36.5. The number of nitrogens with zero attached hydrogens (tertiary/aromatic N) is 1. The highest BCUT2D eigenvalue weighted by atomic mass is 16.8. The van der Waals surface area contributed by atoms with Crippen molar-refractivity contribution in [3.63, 3.8) is 0 Å². The van der Waals surface area contributed by atoms with Crippen LogP contribution in [0.5, 0.6) is 0 Å². The van der Waals surface area contributed by atoms with Gasteiger partial charge in [0.1, 0.15) is 61.0 Å². The van der Waals surface area contributed by atoms with E-state index in [2.05, 4.69) is 38.7 Å². The summed E-state index contributed by atoms with van der Waals surface area (Å²) in [6.45, 7) is 13.3. The van der Waals surface area contributed by atoms with Gasteiger partial charge in [-0.2, -0.15) is 0 Å². The lowest BCUT2D eigenvalue weighted by atomic mass is 9.46. The summed E-state index contributed by atoms with van der Waals surface area (Å²) in [5, 5.41) is 98.1. The van der Waals surface area contributed by atoms with Crippen molar-refractivity contribution in [3.05, 3.63) is 11.6 Å². The van der Waals surface area contributed by atoms with E-state index < -0.39 is 111 Å². The summed E-state index contributed by atoms with van der Waals surface area (Å²) in [6.07, 6.45) is -12.7. The largest absolute Gasteiger partial charge is 0.394 e. The maximum absolute atomic E-state index is 12.2. The Bertz CT molecular complexity index is 1610. The van der Waals surface area contributed by atoms with Gasteiger partial charge in [-0.25, -0.2) is 0 Å². The fraction of sp³-hybridized carbons (Fsp3) is 0.956. The van der Waals surface area contributed by atoms with Crippen molar-refractivity contribution >= 4 is 0 Å². The monoisotopic (exact) mass is 867 g/mol. The third kappa shape index (κ3) is 7.33. The fourth-order valence-corrected chi connectivity index (χ4v) is 14.7. The molecule has 3 saturated carbocycles. The summed E-state index contributed by atoms with van der Waals surface area (Å²) in [4.78, 5) is 2.87. The molecule has 0 aromatic heterocycles. The van der Waals surface area contributed by atoms with Crippen LogP contribution in [0, 0.1) is 46.3 Å². The summed E-state index contributed by atoms with van der Waals surface area (Å²) in [6, 6.07) is 1.26. The third-order valence-corrected chi connectivity index (χ3v) is 18.0. The van der Waals surface area contributed by atoms with E-state index >= 15 is 0 Å². The van der Waals surface area contributed by atoms with Gasteiger partial charge in [-0.05, 0) is 112 Å². The minimum absolute atomic E-state index is 0.144. The topological polar surface area (TPSA) is 241 Å². The van der Waals surface area contributed by atoms with E-state index in [1.54, 1.807) is 0 Å². The Morgan fingerprint density at radius 1 is 0.672 bits per heavy atom. The van der Waals surface area contributed by atoms with Crippen LogP contribution >= 0.6 is 0 Å². The molecule has 348 valence electrons. The molecule has 9 rings (SSSR count). The third-order valence-electron chi connectivity index (χ3n) is 18.0. The summed E-state index contributed by atoms with van der Waals surface area (Å²) in [5.74, 6) is 2.97. The second-order valence-corrected chi connectivity index (χ2v) is 21.4. The molecule has 16 nitrogen and oxygen atoms in total. The van der Waals surface area contributed by atoms with Crippen molar-refractivity contribution in [3.8, 4) is 0 Å². The van der Waals surface area contributed by atoms with Crippen LogP contribution in [-0.2, 0) is 28.4 Å². The molecule has 0 bridgehead atoms. The smallest absolute Gasteiger partial charge is 0.187 e. The van der Waals surface area contributed by atoms with Crippen LogP contribution < -0.4 is 0 Å². The molecular weight excluding hydrogens is 794 g/mol. The molecule has 16 heteroatoms. The summed E-state index contributed by atoms with van der Waals surface area (Å²) in [7, 11) is 0. The molecule has 5 heterocycles. The van der Waals surface area contributed by atoms with Crippen molar-refractivity contribution in [2.45, 2.75) is 209 Å². The van der Waals surface area contributed by atoms with E-state index in [0.717, 1.165) is 37.2 Å². The van der Waals surface area contributed by atoms with E-state index in [4.69, 9.17) is 28.4 Å². The number of hydrogen-bond acceptors (Lipinski definition) is 16. The molecule has 5 saturated heterocycles. The predicted molar refractivity (Wildman–Crippen MR) is 215 cm³/mol. The molecule has 0 radical (unpaired) electrons. The zero-order valence-corrected chi connectivity index (χ0v) is 36.5. The zero-order chi connectivity index (χ0) is 43.6. The number of hydrogen-bond donors (Lipinski definition) is 9. The molecule has 0 spiro atoms. The molecule has 27 atom stereocenters. The van der Waals surface area contributed by atoms with E-state index in [1.807, 2.05) is 0 Å². The average Bonchev–Trinajstić information content (AvgIpc) is 3.69. The van der Waals surface area contributed by atoms with Crippen LogP contribution in [0.4, 0.5) is 0 Å². The van der Waals surface area contributed by atoms with Gasteiger partial charge in [0.15, 0.2) is 18.9 Å². The minimum atomic E-state index is -1.72. The van der Waals surface area contributed by atoms with Gasteiger partial charge in [-0.15, -0.1) is 0 Å². The van der Waals surface area contributed by atoms with Crippen LogP contribution in [0.25, 0.3) is 0 Å². The van der Waals surface area contributed by atoms with Gasteiger partial charge >= 0.3 is 0 Å². The van der Waals surface area contributed by atoms with Crippen LogP contribution in [0.1, 0.15) is 92.9 Å². The van der Waals surface area contributed by atoms with Crippen molar-refractivity contribution < 1.29 is 74.4 Å². The number of fused-ring (bicyclic) bond motifs is 9. The van der Waals surface area contributed by atoms with Crippen LogP contribution in [0.15, 0.2) is 11.6 Å². The van der Waals surface area contributed by atoms with Gasteiger partial charge in [0.05, 0.1) is 31.0 Å². The number of rotatable bonds is 7. The first-order chi connectivity index (χ1) is 28.9. The SMILES string of the molecule is C[C@H]1CC[C@@H]2[C@@H](C)[C@H]3[C@H](C[C@H]4[C@@H]5[C@@H](O)C=C6C[C@@H](O[C@@H]7O[C@H](CO)[C@@H](O[C@@H]8O[C@@H](C)[C@H](O)[C@@H](O)[C@H]8O)[C@H](O)[C@H]7O[C@@H]7O[C@@H](C)[C@H](O)[C@@H](O)[C@H]7O)CC[C@]6(C)[C@H]5CC[C@]34C)N2C1. The molecule has 8 fully saturated rings. The molecule has 0 aromatic rings. The van der Waals surface area contributed by atoms with E-state index in [1.165, 1.54) is 33.2 Å².